The van der Waals surface area contributed by atoms with Gasteiger partial charge in [0.25, 0.3) is 0 Å². The monoisotopic (exact) mass is 289 g/mol. The van der Waals surface area contributed by atoms with Crippen molar-refractivity contribution in [2.24, 2.45) is 11.8 Å². The largest absolute Gasteiger partial charge is 0.392 e. The third kappa shape index (κ3) is 4.57. The second-order valence-corrected chi connectivity index (χ2v) is 6.44. The van der Waals surface area contributed by atoms with Crippen LogP contribution >= 0.6 is 0 Å². The number of benzene rings is 1. The fourth-order valence-corrected chi connectivity index (χ4v) is 3.19. The highest BCUT2D eigenvalue weighted by atomic mass is 16.3. The van der Waals surface area contributed by atoms with Gasteiger partial charge in [-0.1, -0.05) is 51.2 Å². The van der Waals surface area contributed by atoms with E-state index in [-0.39, 0.29) is 18.4 Å². The Labute approximate surface area is 127 Å². The summed E-state index contributed by atoms with van der Waals surface area (Å²) in [6.07, 6.45) is 7.52. The summed E-state index contributed by atoms with van der Waals surface area (Å²) in [5, 5.41) is 12.2. The van der Waals surface area contributed by atoms with Gasteiger partial charge in [0, 0.05) is 11.6 Å². The third-order valence-corrected chi connectivity index (χ3v) is 4.60. The van der Waals surface area contributed by atoms with E-state index in [1.165, 1.54) is 32.1 Å². The van der Waals surface area contributed by atoms with E-state index in [0.717, 1.165) is 23.2 Å². The maximum Gasteiger partial charge on any atom is 0.227 e. The minimum absolute atomic E-state index is 0.000772. The fourth-order valence-electron chi connectivity index (χ4n) is 3.19. The molecule has 1 aliphatic carbocycles. The molecule has 0 bridgehead atoms. The topological polar surface area (TPSA) is 49.3 Å². The van der Waals surface area contributed by atoms with Crippen molar-refractivity contribution < 1.29 is 9.90 Å². The molecule has 0 aromatic heterocycles. The second-order valence-electron chi connectivity index (χ2n) is 6.44. The molecule has 21 heavy (non-hydrogen) atoms. The first-order valence-electron chi connectivity index (χ1n) is 8.11. The van der Waals surface area contributed by atoms with E-state index in [9.17, 15) is 9.90 Å². The number of aliphatic hydroxyl groups excluding tert-OH is 1. The summed E-state index contributed by atoms with van der Waals surface area (Å²) in [5.74, 6) is 0.855. The van der Waals surface area contributed by atoms with Gasteiger partial charge in [-0.3, -0.25) is 4.79 Å². The summed E-state index contributed by atoms with van der Waals surface area (Å²) in [7, 11) is 0. The van der Waals surface area contributed by atoms with Crippen molar-refractivity contribution in [2.45, 2.75) is 59.0 Å². The first kappa shape index (κ1) is 16.0. The summed E-state index contributed by atoms with van der Waals surface area (Å²) < 4.78 is 0. The molecular weight excluding hydrogens is 262 g/mol. The standard InChI is InChI=1S/C18H27NO2/c1-13-8-9-16(12-20)11-17(13)19-18(21)14(2)10-15-6-4-3-5-7-15/h8-9,11,14-15,20H,3-7,10,12H2,1-2H3,(H,19,21). The number of aliphatic hydroxyl groups is 1. The highest BCUT2D eigenvalue weighted by Gasteiger charge is 2.21. The van der Waals surface area contributed by atoms with Crippen LogP contribution in [0.4, 0.5) is 5.69 Å². The van der Waals surface area contributed by atoms with Gasteiger partial charge in [0.05, 0.1) is 6.61 Å². The molecule has 1 unspecified atom stereocenters. The lowest BCUT2D eigenvalue weighted by molar-refractivity contribution is -0.120. The summed E-state index contributed by atoms with van der Waals surface area (Å²) in [5.41, 5.74) is 2.68. The van der Waals surface area contributed by atoms with E-state index in [0.29, 0.717) is 5.92 Å². The SMILES string of the molecule is Cc1ccc(CO)cc1NC(=O)C(C)CC1CCCCC1. The number of amides is 1. The fraction of sp³-hybridized carbons (Fsp3) is 0.611. The van der Waals surface area contributed by atoms with Gasteiger partial charge in [-0.15, -0.1) is 0 Å². The Morgan fingerprint density at radius 1 is 1.33 bits per heavy atom. The molecule has 1 aromatic carbocycles. The van der Waals surface area contributed by atoms with Crippen molar-refractivity contribution in [3.05, 3.63) is 29.3 Å². The Kier molecular flexibility index (Phi) is 5.80. The maximum atomic E-state index is 12.4. The summed E-state index contributed by atoms with van der Waals surface area (Å²) in [6.45, 7) is 4.00. The molecule has 1 amide bonds. The van der Waals surface area contributed by atoms with E-state index >= 15 is 0 Å². The molecule has 1 aliphatic rings. The highest BCUT2D eigenvalue weighted by molar-refractivity contribution is 5.93. The lowest BCUT2D eigenvalue weighted by atomic mass is 9.83. The first-order valence-corrected chi connectivity index (χ1v) is 8.11. The number of hydrogen-bond acceptors (Lipinski definition) is 2. The van der Waals surface area contributed by atoms with Gasteiger partial charge in [0.1, 0.15) is 0 Å². The molecule has 0 spiro atoms. The Bertz CT molecular complexity index is 478. The average molecular weight is 289 g/mol. The minimum atomic E-state index is 0.000772. The number of carbonyl (C=O) groups is 1. The number of anilines is 1. The quantitative estimate of drug-likeness (QED) is 0.859. The van der Waals surface area contributed by atoms with E-state index in [1.54, 1.807) is 0 Å². The number of nitrogens with one attached hydrogen (secondary N) is 1. The molecule has 1 atom stereocenters. The molecule has 0 saturated heterocycles. The van der Waals surface area contributed by atoms with Crippen molar-refractivity contribution in [2.75, 3.05) is 5.32 Å². The first-order chi connectivity index (χ1) is 10.1. The third-order valence-electron chi connectivity index (χ3n) is 4.60. The molecule has 0 heterocycles. The van der Waals surface area contributed by atoms with Gasteiger partial charge in [-0.2, -0.15) is 0 Å². The van der Waals surface area contributed by atoms with Gasteiger partial charge in [-0.05, 0) is 36.5 Å². The Morgan fingerprint density at radius 3 is 2.71 bits per heavy atom. The van der Waals surface area contributed by atoms with E-state index < -0.39 is 0 Å². The maximum absolute atomic E-state index is 12.4. The molecule has 2 rings (SSSR count). The lowest BCUT2D eigenvalue weighted by Crippen LogP contribution is -2.24. The Balaban J connectivity index is 1.93. The summed E-state index contributed by atoms with van der Waals surface area (Å²) in [4.78, 5) is 12.4. The number of hydrogen-bond donors (Lipinski definition) is 2. The van der Waals surface area contributed by atoms with E-state index in [2.05, 4.69) is 5.32 Å². The van der Waals surface area contributed by atoms with Gasteiger partial charge < -0.3 is 10.4 Å². The number of aryl methyl sites for hydroxylation is 1. The van der Waals surface area contributed by atoms with Gasteiger partial charge in [0.15, 0.2) is 0 Å². The van der Waals surface area contributed by atoms with Crippen molar-refractivity contribution in [1.82, 2.24) is 0 Å². The van der Waals surface area contributed by atoms with Crippen molar-refractivity contribution in [3.63, 3.8) is 0 Å². The van der Waals surface area contributed by atoms with Crippen LogP contribution in [0.5, 0.6) is 0 Å². The van der Waals surface area contributed by atoms with Crippen LogP contribution in [0.3, 0.4) is 0 Å². The highest BCUT2D eigenvalue weighted by Crippen LogP contribution is 2.29. The van der Waals surface area contributed by atoms with Gasteiger partial charge in [0.2, 0.25) is 5.91 Å². The van der Waals surface area contributed by atoms with Crippen molar-refractivity contribution in [1.29, 1.82) is 0 Å². The smallest absolute Gasteiger partial charge is 0.227 e. The molecule has 1 aromatic rings. The van der Waals surface area contributed by atoms with Crippen LogP contribution in [-0.2, 0) is 11.4 Å². The predicted octanol–water partition coefficient (Wildman–Crippen LogP) is 4.03. The van der Waals surface area contributed by atoms with E-state index in [4.69, 9.17) is 0 Å². The Hall–Kier alpha value is -1.35. The van der Waals surface area contributed by atoms with Crippen LogP contribution in [0.2, 0.25) is 0 Å². The molecule has 3 heteroatoms. The normalized spacial score (nSPS) is 17.5. The van der Waals surface area contributed by atoms with Crippen LogP contribution in [0, 0.1) is 18.8 Å². The van der Waals surface area contributed by atoms with E-state index in [1.807, 2.05) is 32.0 Å². The van der Waals surface area contributed by atoms with Crippen LogP contribution in [-0.4, -0.2) is 11.0 Å². The minimum Gasteiger partial charge on any atom is -0.392 e. The summed E-state index contributed by atoms with van der Waals surface area (Å²) in [6, 6.07) is 5.68. The number of rotatable bonds is 5. The zero-order valence-electron chi connectivity index (χ0n) is 13.2. The molecule has 116 valence electrons. The molecule has 1 saturated carbocycles. The molecule has 1 fully saturated rings. The summed E-state index contributed by atoms with van der Waals surface area (Å²) >= 11 is 0. The second kappa shape index (κ2) is 7.60. The number of carbonyl (C=O) groups excluding carboxylic acids is 1. The molecule has 0 aliphatic heterocycles. The zero-order chi connectivity index (χ0) is 15.2. The van der Waals surface area contributed by atoms with Crippen LogP contribution in [0.15, 0.2) is 18.2 Å². The molecular formula is C18H27NO2. The van der Waals surface area contributed by atoms with Crippen molar-refractivity contribution >= 4 is 11.6 Å². The van der Waals surface area contributed by atoms with Crippen LogP contribution in [0.1, 0.15) is 56.6 Å². The van der Waals surface area contributed by atoms with Crippen LogP contribution in [0.25, 0.3) is 0 Å². The zero-order valence-corrected chi connectivity index (χ0v) is 13.2. The predicted molar refractivity (Wildman–Crippen MR) is 86.1 cm³/mol. The van der Waals surface area contributed by atoms with Crippen molar-refractivity contribution in [3.8, 4) is 0 Å². The molecule has 2 N–H and O–H groups in total. The Morgan fingerprint density at radius 2 is 2.05 bits per heavy atom. The molecule has 0 radical (unpaired) electrons. The van der Waals surface area contributed by atoms with Gasteiger partial charge in [-0.25, -0.2) is 0 Å². The van der Waals surface area contributed by atoms with Gasteiger partial charge >= 0.3 is 0 Å². The average Bonchev–Trinajstić information content (AvgIpc) is 2.50. The molecule has 3 nitrogen and oxygen atoms in total. The lowest BCUT2D eigenvalue weighted by Gasteiger charge is -2.24. The van der Waals surface area contributed by atoms with Crippen LogP contribution < -0.4 is 5.32 Å².